The molecule has 13 heteroatoms. The fourth-order valence-electron chi connectivity index (χ4n) is 9.27. The number of alkyl halides is 3. The number of carbonyl (C=O) groups is 2. The van der Waals surface area contributed by atoms with Crippen molar-refractivity contribution < 1.29 is 46.9 Å². The molecule has 2 heterocycles. The van der Waals surface area contributed by atoms with Crippen LogP contribution in [-0.2, 0) is 17.3 Å². The minimum absolute atomic E-state index is 0.00235. The maximum absolute atomic E-state index is 14.7. The van der Waals surface area contributed by atoms with E-state index in [0.29, 0.717) is 74.1 Å². The van der Waals surface area contributed by atoms with Gasteiger partial charge in [0, 0.05) is 35.4 Å². The van der Waals surface area contributed by atoms with Gasteiger partial charge in [-0.15, -0.1) is 0 Å². The zero-order valence-corrected chi connectivity index (χ0v) is 34.9. The number of nitrogens with zero attached hydrogens (tertiary/aromatic N) is 1. The Balaban J connectivity index is 1.26. The number of furan rings is 1. The molecule has 4 aliphatic rings. The van der Waals surface area contributed by atoms with Gasteiger partial charge in [-0.2, -0.15) is 13.2 Å². The first-order valence-electron chi connectivity index (χ1n) is 20.6. The van der Waals surface area contributed by atoms with Crippen molar-refractivity contribution in [3.63, 3.8) is 0 Å². The second-order valence-electron chi connectivity index (χ2n) is 16.8. The molecule has 0 spiro atoms. The number of aliphatic hydroxyl groups is 2. The number of carbonyl (C=O) groups excluding carboxylic acids is 2. The summed E-state index contributed by atoms with van der Waals surface area (Å²) in [4.78, 5) is 30.5. The monoisotopic (exact) mass is 848 g/mol. The number of ketones is 1. The Morgan fingerprint density at radius 1 is 1.02 bits per heavy atom. The number of amides is 2. The molecule has 9 nitrogen and oxygen atoms in total. The number of urea groups is 1. The standard InChI is InChI=1S/C47H52ClF3N2O7/c1-29-6-4-21-45(2)39(20-22-46(45,57)28-53(27-35-7-5-23-59-35)44(56)52-32-11-14-34(58-3)15-12-32)36-16-9-30(24-33(54)13-8-29)25-37(36)43(55)42-19-18-41(60-42)38-26-31(47(49,50)51)10-17-40(38)48/h6,9-12,14-19,25-26,33,35,39,54,57H,4-5,7-8,13,20-24,27-28H2,1-3H3,(H,52,56)/t33-,35+,39-,45-,46+/m0/s1. The Kier molecular flexibility index (Phi) is 12.9. The van der Waals surface area contributed by atoms with Gasteiger partial charge in [0.05, 0.1) is 42.0 Å². The molecule has 5 atom stereocenters. The number of aliphatic hydroxyl groups excluding tert-OH is 1. The van der Waals surface area contributed by atoms with E-state index in [9.17, 15) is 33.0 Å². The van der Waals surface area contributed by atoms with Crippen molar-refractivity contribution in [2.24, 2.45) is 5.41 Å². The molecular weight excluding hydrogens is 797 g/mol. The smallest absolute Gasteiger partial charge is 0.416 e. The maximum atomic E-state index is 14.7. The lowest BCUT2D eigenvalue weighted by atomic mass is 9.64. The lowest BCUT2D eigenvalue weighted by Crippen LogP contribution is -2.55. The SMILES string of the molecule is COc1ccc(NC(=O)N(C[C@H]2CCCO2)C[C@]2(O)CC[C@H]3c4ccc(cc4C(=O)c4ccc(-c5cc(C(F)(F)F)ccc5Cl)o4)C[C@@H](O)CCC(C)=CCC[C@@]32C)cc1. The Labute approximate surface area is 353 Å². The van der Waals surface area contributed by atoms with Gasteiger partial charge < -0.3 is 34.3 Å². The highest BCUT2D eigenvalue weighted by atomic mass is 35.5. The number of ether oxygens (including phenoxy) is 2. The third-order valence-corrected chi connectivity index (χ3v) is 13.2. The first kappa shape index (κ1) is 43.5. The second-order valence-corrected chi connectivity index (χ2v) is 17.2. The van der Waals surface area contributed by atoms with Crippen LogP contribution in [0.4, 0.5) is 23.7 Å². The van der Waals surface area contributed by atoms with Crippen LogP contribution in [0.3, 0.4) is 0 Å². The van der Waals surface area contributed by atoms with E-state index in [1.807, 2.05) is 26.0 Å². The van der Waals surface area contributed by atoms with E-state index >= 15 is 0 Å². The first-order chi connectivity index (χ1) is 28.6. The average Bonchev–Trinajstić information content (AvgIpc) is 3.97. The highest BCUT2D eigenvalue weighted by Gasteiger charge is 2.58. The molecule has 4 aromatic rings. The van der Waals surface area contributed by atoms with Crippen molar-refractivity contribution in [2.75, 3.05) is 32.1 Å². The Bertz CT molecular complexity index is 2220. The van der Waals surface area contributed by atoms with E-state index in [-0.39, 0.29) is 53.2 Å². The number of hydrogen-bond acceptors (Lipinski definition) is 7. The Hall–Kier alpha value is -4.62. The van der Waals surface area contributed by atoms with Gasteiger partial charge in [0.15, 0.2) is 5.76 Å². The molecule has 8 rings (SSSR count). The quantitative estimate of drug-likeness (QED) is 0.113. The topological polar surface area (TPSA) is 121 Å². The number of allylic oxidation sites excluding steroid dienone is 2. The predicted molar refractivity (Wildman–Crippen MR) is 224 cm³/mol. The Morgan fingerprint density at radius 3 is 2.52 bits per heavy atom. The van der Waals surface area contributed by atoms with Crippen molar-refractivity contribution in [1.82, 2.24) is 4.90 Å². The fourth-order valence-corrected chi connectivity index (χ4v) is 9.48. The zero-order valence-electron chi connectivity index (χ0n) is 34.1. The molecule has 60 heavy (non-hydrogen) atoms. The van der Waals surface area contributed by atoms with Crippen molar-refractivity contribution in [3.05, 3.63) is 117 Å². The highest BCUT2D eigenvalue weighted by molar-refractivity contribution is 6.33. The largest absolute Gasteiger partial charge is 0.497 e. The van der Waals surface area contributed by atoms with Crippen LogP contribution in [0, 0.1) is 5.41 Å². The zero-order chi connectivity index (χ0) is 42.8. The summed E-state index contributed by atoms with van der Waals surface area (Å²) in [6.07, 6.45) is 1.79. The average molecular weight is 849 g/mol. The Morgan fingerprint density at radius 2 is 1.80 bits per heavy atom. The highest BCUT2D eigenvalue weighted by Crippen LogP contribution is 2.59. The van der Waals surface area contributed by atoms with E-state index in [2.05, 4.69) is 11.4 Å². The summed E-state index contributed by atoms with van der Waals surface area (Å²) in [6, 6.07) is 18.0. The van der Waals surface area contributed by atoms with Gasteiger partial charge in [-0.05, 0) is 142 Å². The van der Waals surface area contributed by atoms with Crippen molar-refractivity contribution >= 4 is 29.1 Å². The van der Waals surface area contributed by atoms with Gasteiger partial charge in [-0.3, -0.25) is 4.79 Å². The van der Waals surface area contributed by atoms with Crippen LogP contribution in [0.5, 0.6) is 5.75 Å². The van der Waals surface area contributed by atoms with E-state index in [4.69, 9.17) is 25.5 Å². The van der Waals surface area contributed by atoms with Crippen LogP contribution in [0.25, 0.3) is 11.3 Å². The summed E-state index contributed by atoms with van der Waals surface area (Å²) < 4.78 is 58.2. The molecule has 3 aromatic carbocycles. The van der Waals surface area contributed by atoms with Crippen molar-refractivity contribution in [1.29, 1.82) is 0 Å². The summed E-state index contributed by atoms with van der Waals surface area (Å²) >= 11 is 6.35. The van der Waals surface area contributed by atoms with Crippen LogP contribution >= 0.6 is 11.6 Å². The number of anilines is 1. The van der Waals surface area contributed by atoms with Crippen LogP contribution < -0.4 is 10.1 Å². The lowest BCUT2D eigenvalue weighted by Gasteiger charge is -2.46. The first-order valence-corrected chi connectivity index (χ1v) is 21.0. The molecule has 1 aromatic heterocycles. The van der Waals surface area contributed by atoms with Crippen molar-refractivity contribution in [3.8, 4) is 17.1 Å². The minimum Gasteiger partial charge on any atom is -0.497 e. The molecule has 0 radical (unpaired) electrons. The van der Waals surface area contributed by atoms with Crippen LogP contribution in [0.15, 0.2) is 88.9 Å². The molecule has 2 bridgehead atoms. The normalized spacial score (nSPS) is 24.7. The molecule has 2 fully saturated rings. The molecule has 2 amide bonds. The fraction of sp³-hybridized carbons (Fsp3) is 0.447. The summed E-state index contributed by atoms with van der Waals surface area (Å²) in [5.41, 5.74) is 0.254. The van der Waals surface area contributed by atoms with Crippen LogP contribution in [0.2, 0.25) is 5.02 Å². The predicted octanol–water partition coefficient (Wildman–Crippen LogP) is 10.6. The van der Waals surface area contributed by atoms with Gasteiger partial charge in [0.2, 0.25) is 5.78 Å². The summed E-state index contributed by atoms with van der Waals surface area (Å²) in [6.45, 7) is 4.97. The third kappa shape index (κ3) is 9.32. The van der Waals surface area contributed by atoms with Gasteiger partial charge in [0.25, 0.3) is 0 Å². The van der Waals surface area contributed by atoms with E-state index in [0.717, 1.165) is 42.2 Å². The van der Waals surface area contributed by atoms with E-state index in [1.165, 1.54) is 12.1 Å². The number of fused-ring (bicyclic) bond motifs is 8. The van der Waals surface area contributed by atoms with Crippen LogP contribution in [-0.4, -0.2) is 71.5 Å². The second kappa shape index (κ2) is 17.8. The van der Waals surface area contributed by atoms with Crippen molar-refractivity contribution in [2.45, 2.75) is 102 Å². The molecule has 0 unspecified atom stereocenters. The summed E-state index contributed by atoms with van der Waals surface area (Å²) in [5, 5.41) is 27.2. The molecular formula is C47H52ClF3N2O7. The van der Waals surface area contributed by atoms with E-state index in [1.54, 1.807) is 42.3 Å². The number of rotatable bonds is 9. The molecule has 3 N–H and O–H groups in total. The third-order valence-electron chi connectivity index (χ3n) is 12.8. The van der Waals surface area contributed by atoms with Gasteiger partial charge in [-0.25, -0.2) is 4.79 Å². The molecule has 1 aliphatic heterocycles. The summed E-state index contributed by atoms with van der Waals surface area (Å²) in [5.74, 6) is -0.290. The van der Waals surface area contributed by atoms with Crippen LogP contribution in [0.1, 0.15) is 104 Å². The number of methoxy groups -OCH3 is 1. The maximum Gasteiger partial charge on any atom is 0.416 e. The number of hydrogen-bond donors (Lipinski definition) is 3. The number of nitrogens with one attached hydrogen (secondary N) is 1. The lowest BCUT2D eigenvalue weighted by molar-refractivity contribution is -0.137. The van der Waals surface area contributed by atoms with Gasteiger partial charge in [0.1, 0.15) is 11.5 Å². The number of benzene rings is 3. The summed E-state index contributed by atoms with van der Waals surface area (Å²) in [7, 11) is 1.57. The molecule has 1 saturated heterocycles. The number of halogens is 4. The molecule has 320 valence electrons. The molecule has 3 aliphatic carbocycles. The van der Waals surface area contributed by atoms with Gasteiger partial charge >= 0.3 is 12.2 Å². The van der Waals surface area contributed by atoms with Gasteiger partial charge in [-0.1, -0.05) is 42.3 Å². The van der Waals surface area contributed by atoms with E-state index < -0.39 is 34.6 Å². The minimum atomic E-state index is -4.61. The molecule has 1 saturated carbocycles.